The Morgan fingerprint density at radius 1 is 1.40 bits per heavy atom. The van der Waals surface area contributed by atoms with Crippen LogP contribution >= 0.6 is 11.8 Å². The Labute approximate surface area is 150 Å². The number of nitrogens with zero attached hydrogens (tertiary/aromatic N) is 2. The molecule has 1 unspecified atom stereocenters. The lowest BCUT2D eigenvalue weighted by molar-refractivity contribution is 0.0517. The SMILES string of the molecule is Cc1ccc(C(=O)N2CC3(CC(Oc4cccnc4)CS3)C2)cc1F. The molecule has 0 radical (unpaired) electrons. The van der Waals surface area contributed by atoms with Crippen molar-refractivity contribution in [1.82, 2.24) is 9.88 Å². The van der Waals surface area contributed by atoms with Gasteiger partial charge in [0.05, 0.1) is 10.9 Å². The highest BCUT2D eigenvalue weighted by Crippen LogP contribution is 2.46. The van der Waals surface area contributed by atoms with Crippen LogP contribution in [0.5, 0.6) is 5.75 Å². The molecule has 1 aromatic carbocycles. The Kier molecular flexibility index (Phi) is 4.15. The molecule has 6 heteroatoms. The summed E-state index contributed by atoms with van der Waals surface area (Å²) in [6.45, 7) is 3.08. The number of aryl methyl sites for hydroxylation is 1. The number of amides is 1. The first-order chi connectivity index (χ1) is 12.0. The second-order valence-corrected chi connectivity index (χ2v) is 8.24. The van der Waals surface area contributed by atoms with E-state index in [2.05, 4.69) is 4.98 Å². The molecular weight excluding hydrogens is 339 g/mol. The van der Waals surface area contributed by atoms with Gasteiger partial charge in [-0.15, -0.1) is 11.8 Å². The minimum Gasteiger partial charge on any atom is -0.488 e. The number of likely N-dealkylation sites (tertiary alicyclic amines) is 1. The van der Waals surface area contributed by atoms with E-state index in [0.717, 1.165) is 17.9 Å². The van der Waals surface area contributed by atoms with Crippen molar-refractivity contribution in [3.63, 3.8) is 0 Å². The van der Waals surface area contributed by atoms with Crippen molar-refractivity contribution in [1.29, 1.82) is 0 Å². The molecule has 1 spiro atoms. The summed E-state index contributed by atoms with van der Waals surface area (Å²) < 4.78 is 19.7. The molecule has 1 atom stereocenters. The van der Waals surface area contributed by atoms with E-state index in [4.69, 9.17) is 4.74 Å². The number of rotatable bonds is 3. The quantitative estimate of drug-likeness (QED) is 0.844. The molecule has 2 aliphatic rings. The molecule has 4 rings (SSSR count). The third-order valence-corrected chi connectivity index (χ3v) is 6.35. The number of halogens is 1. The fourth-order valence-electron chi connectivity index (χ4n) is 3.41. The first-order valence-corrected chi connectivity index (χ1v) is 9.29. The monoisotopic (exact) mass is 358 g/mol. The van der Waals surface area contributed by atoms with E-state index < -0.39 is 0 Å². The number of aromatic nitrogens is 1. The molecule has 0 aliphatic carbocycles. The number of carbonyl (C=O) groups excluding carboxylic acids is 1. The van der Waals surface area contributed by atoms with Crippen molar-refractivity contribution in [2.45, 2.75) is 24.2 Å². The maximum Gasteiger partial charge on any atom is 0.254 e. The van der Waals surface area contributed by atoms with Gasteiger partial charge in [-0.25, -0.2) is 4.39 Å². The summed E-state index contributed by atoms with van der Waals surface area (Å²) in [4.78, 5) is 18.4. The van der Waals surface area contributed by atoms with Crippen LogP contribution in [0, 0.1) is 12.7 Å². The van der Waals surface area contributed by atoms with Gasteiger partial charge in [-0.1, -0.05) is 6.07 Å². The van der Waals surface area contributed by atoms with Crippen LogP contribution in [0.2, 0.25) is 0 Å². The Bertz CT molecular complexity index is 793. The molecule has 2 aromatic rings. The van der Waals surface area contributed by atoms with Crippen LogP contribution in [-0.2, 0) is 0 Å². The highest BCUT2D eigenvalue weighted by atomic mass is 32.2. The average Bonchev–Trinajstić information content (AvgIpc) is 3.00. The van der Waals surface area contributed by atoms with Crippen LogP contribution < -0.4 is 4.74 Å². The van der Waals surface area contributed by atoms with Gasteiger partial charge in [-0.05, 0) is 36.8 Å². The van der Waals surface area contributed by atoms with Crippen molar-refractivity contribution in [3.8, 4) is 5.75 Å². The summed E-state index contributed by atoms with van der Waals surface area (Å²) in [5.41, 5.74) is 0.975. The number of benzene rings is 1. The number of ether oxygens (including phenoxy) is 1. The summed E-state index contributed by atoms with van der Waals surface area (Å²) in [5, 5.41) is 0. The van der Waals surface area contributed by atoms with E-state index in [1.165, 1.54) is 6.07 Å². The van der Waals surface area contributed by atoms with Crippen LogP contribution in [0.3, 0.4) is 0 Å². The first kappa shape index (κ1) is 16.4. The molecule has 25 heavy (non-hydrogen) atoms. The molecule has 1 aromatic heterocycles. The topological polar surface area (TPSA) is 42.4 Å². The maximum atomic E-state index is 13.7. The van der Waals surface area contributed by atoms with Crippen molar-refractivity contribution in [3.05, 3.63) is 59.7 Å². The molecule has 2 saturated heterocycles. The minimum absolute atomic E-state index is 0.0752. The summed E-state index contributed by atoms with van der Waals surface area (Å²) in [5.74, 6) is 1.27. The summed E-state index contributed by atoms with van der Waals surface area (Å²) >= 11 is 1.87. The summed E-state index contributed by atoms with van der Waals surface area (Å²) in [7, 11) is 0. The zero-order chi connectivity index (χ0) is 17.4. The zero-order valence-corrected chi connectivity index (χ0v) is 14.8. The molecule has 0 N–H and O–H groups in total. The van der Waals surface area contributed by atoms with Crippen LogP contribution in [0.1, 0.15) is 22.3 Å². The highest BCUT2D eigenvalue weighted by Gasteiger charge is 2.51. The number of hydrogen-bond acceptors (Lipinski definition) is 4. The van der Waals surface area contributed by atoms with Gasteiger partial charge in [0, 0.05) is 37.0 Å². The molecule has 2 fully saturated rings. The van der Waals surface area contributed by atoms with Crippen LogP contribution in [-0.4, -0.2) is 45.5 Å². The second kappa shape index (κ2) is 6.33. The third kappa shape index (κ3) is 3.23. The molecule has 3 heterocycles. The van der Waals surface area contributed by atoms with E-state index in [-0.39, 0.29) is 22.6 Å². The fraction of sp³-hybridized carbons (Fsp3) is 0.368. The lowest BCUT2D eigenvalue weighted by atomic mass is 9.92. The number of thioether (sulfide) groups is 1. The van der Waals surface area contributed by atoms with Crippen molar-refractivity contribution in [2.24, 2.45) is 0 Å². The summed E-state index contributed by atoms with van der Waals surface area (Å²) in [6.07, 6.45) is 4.50. The van der Waals surface area contributed by atoms with Crippen LogP contribution in [0.15, 0.2) is 42.7 Å². The predicted octanol–water partition coefficient (Wildman–Crippen LogP) is 3.31. The van der Waals surface area contributed by atoms with E-state index in [9.17, 15) is 9.18 Å². The third-order valence-electron chi connectivity index (χ3n) is 4.78. The van der Waals surface area contributed by atoms with Gasteiger partial charge in [0.1, 0.15) is 17.7 Å². The van der Waals surface area contributed by atoms with Gasteiger partial charge in [0.2, 0.25) is 0 Å². The molecule has 4 nitrogen and oxygen atoms in total. The van der Waals surface area contributed by atoms with Gasteiger partial charge in [0.15, 0.2) is 0 Å². The van der Waals surface area contributed by atoms with Crippen molar-refractivity contribution >= 4 is 17.7 Å². The molecule has 0 bridgehead atoms. The molecular formula is C19H19FN2O2S. The Morgan fingerprint density at radius 2 is 2.24 bits per heavy atom. The van der Waals surface area contributed by atoms with Crippen molar-refractivity contribution in [2.75, 3.05) is 18.8 Å². The van der Waals surface area contributed by atoms with Gasteiger partial charge >= 0.3 is 0 Å². The van der Waals surface area contributed by atoms with E-state index >= 15 is 0 Å². The second-order valence-electron chi connectivity index (χ2n) is 6.75. The van der Waals surface area contributed by atoms with Gasteiger partial charge in [-0.3, -0.25) is 9.78 Å². The summed E-state index contributed by atoms with van der Waals surface area (Å²) in [6, 6.07) is 8.45. The largest absolute Gasteiger partial charge is 0.488 e. The number of hydrogen-bond donors (Lipinski definition) is 0. The minimum atomic E-state index is -0.332. The van der Waals surface area contributed by atoms with E-state index in [1.807, 2.05) is 23.9 Å². The predicted molar refractivity (Wildman–Crippen MR) is 95.5 cm³/mol. The van der Waals surface area contributed by atoms with E-state index in [0.29, 0.717) is 24.2 Å². The van der Waals surface area contributed by atoms with Crippen LogP contribution in [0.25, 0.3) is 0 Å². The Hall–Kier alpha value is -2.08. The Morgan fingerprint density at radius 3 is 2.96 bits per heavy atom. The number of carbonyl (C=O) groups is 1. The lowest BCUT2D eigenvalue weighted by Gasteiger charge is -2.47. The average molecular weight is 358 g/mol. The van der Waals surface area contributed by atoms with Crippen molar-refractivity contribution < 1.29 is 13.9 Å². The van der Waals surface area contributed by atoms with Gasteiger partial charge in [0.25, 0.3) is 5.91 Å². The Balaban J connectivity index is 1.35. The van der Waals surface area contributed by atoms with Gasteiger partial charge in [-0.2, -0.15) is 0 Å². The van der Waals surface area contributed by atoms with Crippen LogP contribution in [0.4, 0.5) is 4.39 Å². The first-order valence-electron chi connectivity index (χ1n) is 8.31. The molecule has 130 valence electrons. The van der Waals surface area contributed by atoms with Gasteiger partial charge < -0.3 is 9.64 Å². The normalized spacial score (nSPS) is 21.2. The lowest BCUT2D eigenvalue weighted by Crippen LogP contribution is -2.60. The van der Waals surface area contributed by atoms with E-state index in [1.54, 1.807) is 36.4 Å². The number of pyridine rings is 1. The molecule has 0 saturated carbocycles. The zero-order valence-electron chi connectivity index (χ0n) is 13.9. The standard InChI is InChI=1S/C19H19FN2O2S/c1-13-4-5-14(7-17(13)20)18(23)22-11-19(12-22)8-16(10-25-19)24-15-3-2-6-21-9-15/h2-7,9,16H,8,10-12H2,1H3. The molecule has 1 amide bonds. The molecule has 2 aliphatic heterocycles. The smallest absolute Gasteiger partial charge is 0.254 e. The highest BCUT2D eigenvalue weighted by molar-refractivity contribution is 8.01. The maximum absolute atomic E-state index is 13.7. The fourth-order valence-corrected chi connectivity index (χ4v) is 4.93.